The van der Waals surface area contributed by atoms with Gasteiger partial charge in [0.05, 0.1) is 0 Å². The van der Waals surface area contributed by atoms with Gasteiger partial charge in [-0.25, -0.2) is 0 Å². The van der Waals surface area contributed by atoms with Gasteiger partial charge >= 0.3 is 0 Å². The smallest absolute Gasteiger partial charge is 0.00966 e. The SMILES string of the molecule is CC(=CCl)CCNC(C)(C)C. The zero-order valence-corrected chi connectivity index (χ0v) is 8.63. The Hall–Kier alpha value is -0.0100. The number of hydrogen-bond acceptors (Lipinski definition) is 1. The van der Waals surface area contributed by atoms with Crippen LogP contribution in [0.5, 0.6) is 0 Å². The summed E-state index contributed by atoms with van der Waals surface area (Å²) in [6, 6.07) is 0. The summed E-state index contributed by atoms with van der Waals surface area (Å²) in [6.07, 6.45) is 1.03. The van der Waals surface area contributed by atoms with E-state index in [1.54, 1.807) is 5.54 Å². The van der Waals surface area contributed by atoms with Gasteiger partial charge in [0, 0.05) is 11.1 Å². The molecule has 0 aliphatic rings. The number of rotatable bonds is 3. The Morgan fingerprint density at radius 2 is 2.00 bits per heavy atom. The summed E-state index contributed by atoms with van der Waals surface area (Å²) < 4.78 is 0. The van der Waals surface area contributed by atoms with Gasteiger partial charge in [0.15, 0.2) is 0 Å². The minimum Gasteiger partial charge on any atom is -0.312 e. The molecular formula is C9H18ClN. The highest BCUT2D eigenvalue weighted by Gasteiger charge is 2.06. The van der Waals surface area contributed by atoms with Crippen molar-refractivity contribution < 1.29 is 0 Å². The van der Waals surface area contributed by atoms with E-state index in [4.69, 9.17) is 11.6 Å². The standard InChI is InChI=1S/C9H18ClN/c1-8(7-10)5-6-11-9(2,3)4/h7,11H,5-6H2,1-4H3. The van der Waals surface area contributed by atoms with E-state index < -0.39 is 0 Å². The first-order valence-corrected chi connectivity index (χ1v) is 4.40. The third kappa shape index (κ3) is 7.89. The summed E-state index contributed by atoms with van der Waals surface area (Å²) in [5, 5.41) is 3.39. The third-order valence-electron chi connectivity index (χ3n) is 1.36. The fourth-order valence-corrected chi connectivity index (χ4v) is 0.798. The quantitative estimate of drug-likeness (QED) is 0.696. The van der Waals surface area contributed by atoms with Crippen molar-refractivity contribution in [2.75, 3.05) is 6.54 Å². The van der Waals surface area contributed by atoms with Gasteiger partial charge in [-0.15, -0.1) is 0 Å². The first-order chi connectivity index (χ1) is 4.95. The van der Waals surface area contributed by atoms with Crippen molar-refractivity contribution in [3.63, 3.8) is 0 Å². The lowest BCUT2D eigenvalue weighted by Crippen LogP contribution is -2.36. The van der Waals surface area contributed by atoms with Crippen LogP contribution in [-0.4, -0.2) is 12.1 Å². The van der Waals surface area contributed by atoms with E-state index in [-0.39, 0.29) is 5.54 Å². The van der Waals surface area contributed by atoms with E-state index in [9.17, 15) is 0 Å². The molecule has 0 atom stereocenters. The van der Waals surface area contributed by atoms with Crippen molar-refractivity contribution in [1.29, 1.82) is 0 Å². The maximum absolute atomic E-state index is 5.51. The Morgan fingerprint density at radius 3 is 2.36 bits per heavy atom. The van der Waals surface area contributed by atoms with Crippen LogP contribution in [0.2, 0.25) is 0 Å². The lowest BCUT2D eigenvalue weighted by molar-refractivity contribution is 0.429. The summed E-state index contributed by atoms with van der Waals surface area (Å²) in [5.74, 6) is 0. The molecule has 0 aromatic carbocycles. The summed E-state index contributed by atoms with van der Waals surface area (Å²) in [7, 11) is 0. The van der Waals surface area contributed by atoms with Crippen LogP contribution in [0, 0.1) is 0 Å². The molecular weight excluding hydrogens is 158 g/mol. The van der Waals surface area contributed by atoms with E-state index in [1.807, 2.05) is 6.92 Å². The molecule has 1 nitrogen and oxygen atoms in total. The monoisotopic (exact) mass is 175 g/mol. The van der Waals surface area contributed by atoms with Crippen molar-refractivity contribution in [3.05, 3.63) is 11.1 Å². The second-order valence-corrected chi connectivity index (χ2v) is 4.10. The first-order valence-electron chi connectivity index (χ1n) is 3.96. The van der Waals surface area contributed by atoms with Gasteiger partial charge in [0.25, 0.3) is 0 Å². The Balaban J connectivity index is 3.43. The minimum atomic E-state index is 0.215. The third-order valence-corrected chi connectivity index (χ3v) is 1.73. The molecule has 0 radical (unpaired) electrons. The molecule has 0 aliphatic carbocycles. The fraction of sp³-hybridized carbons (Fsp3) is 0.778. The lowest BCUT2D eigenvalue weighted by Gasteiger charge is -2.20. The molecule has 0 aromatic heterocycles. The van der Waals surface area contributed by atoms with Gasteiger partial charge < -0.3 is 5.32 Å². The second-order valence-electron chi connectivity index (χ2n) is 3.88. The molecule has 0 rings (SSSR count). The molecule has 0 aromatic rings. The number of nitrogens with one attached hydrogen (secondary N) is 1. The highest BCUT2D eigenvalue weighted by Crippen LogP contribution is 2.03. The van der Waals surface area contributed by atoms with Crippen LogP contribution in [0.3, 0.4) is 0 Å². The van der Waals surface area contributed by atoms with E-state index in [2.05, 4.69) is 26.1 Å². The highest BCUT2D eigenvalue weighted by molar-refractivity contribution is 6.25. The molecule has 0 fully saturated rings. The predicted molar refractivity (Wildman–Crippen MR) is 52.0 cm³/mol. The van der Waals surface area contributed by atoms with Crippen LogP contribution in [-0.2, 0) is 0 Å². The minimum absolute atomic E-state index is 0.215. The zero-order valence-electron chi connectivity index (χ0n) is 7.87. The van der Waals surface area contributed by atoms with Crippen LogP contribution >= 0.6 is 11.6 Å². The highest BCUT2D eigenvalue weighted by atomic mass is 35.5. The summed E-state index contributed by atoms with van der Waals surface area (Å²) >= 11 is 5.51. The average Bonchev–Trinajstić information content (AvgIpc) is 1.85. The van der Waals surface area contributed by atoms with E-state index in [1.165, 1.54) is 5.57 Å². The normalized spacial score (nSPS) is 13.7. The Labute approximate surface area is 74.8 Å². The lowest BCUT2D eigenvalue weighted by atomic mass is 10.1. The maximum atomic E-state index is 5.51. The topological polar surface area (TPSA) is 12.0 Å². The van der Waals surface area contributed by atoms with E-state index in [0.717, 1.165) is 13.0 Å². The Bertz CT molecular complexity index is 133. The molecule has 0 spiro atoms. The Morgan fingerprint density at radius 1 is 1.45 bits per heavy atom. The average molecular weight is 176 g/mol. The van der Waals surface area contributed by atoms with Gasteiger partial charge in [-0.05, 0) is 40.7 Å². The molecule has 0 aliphatic heterocycles. The van der Waals surface area contributed by atoms with Gasteiger partial charge in [-0.1, -0.05) is 17.2 Å². The summed E-state index contributed by atoms with van der Waals surface area (Å²) in [6.45, 7) is 9.52. The molecule has 0 saturated carbocycles. The molecule has 2 heteroatoms. The van der Waals surface area contributed by atoms with Gasteiger partial charge in [0.1, 0.15) is 0 Å². The van der Waals surface area contributed by atoms with E-state index >= 15 is 0 Å². The van der Waals surface area contributed by atoms with Crippen LogP contribution in [0.25, 0.3) is 0 Å². The van der Waals surface area contributed by atoms with E-state index in [0.29, 0.717) is 0 Å². The van der Waals surface area contributed by atoms with Crippen molar-refractivity contribution in [1.82, 2.24) is 5.32 Å². The molecule has 0 bridgehead atoms. The van der Waals surface area contributed by atoms with Gasteiger partial charge in [-0.3, -0.25) is 0 Å². The molecule has 0 saturated heterocycles. The summed E-state index contributed by atoms with van der Waals surface area (Å²) in [4.78, 5) is 0. The molecule has 0 heterocycles. The summed E-state index contributed by atoms with van der Waals surface area (Å²) in [5.41, 5.74) is 3.08. The Kier molecular flexibility index (Phi) is 4.78. The van der Waals surface area contributed by atoms with Gasteiger partial charge in [-0.2, -0.15) is 0 Å². The number of halogens is 1. The molecule has 11 heavy (non-hydrogen) atoms. The van der Waals surface area contributed by atoms with Crippen LogP contribution in [0.4, 0.5) is 0 Å². The van der Waals surface area contributed by atoms with Crippen molar-refractivity contribution in [2.24, 2.45) is 0 Å². The predicted octanol–water partition coefficient (Wildman–Crippen LogP) is 2.91. The van der Waals surface area contributed by atoms with Crippen LogP contribution < -0.4 is 5.32 Å². The zero-order chi connectivity index (χ0) is 8.91. The van der Waals surface area contributed by atoms with Crippen LogP contribution in [0.1, 0.15) is 34.1 Å². The van der Waals surface area contributed by atoms with Crippen molar-refractivity contribution in [2.45, 2.75) is 39.7 Å². The first kappa shape index (κ1) is 11.0. The van der Waals surface area contributed by atoms with Gasteiger partial charge in [0.2, 0.25) is 0 Å². The molecule has 1 N–H and O–H groups in total. The maximum Gasteiger partial charge on any atom is 0.00966 e. The fourth-order valence-electron chi connectivity index (χ4n) is 0.689. The molecule has 66 valence electrons. The number of hydrogen-bond donors (Lipinski definition) is 1. The van der Waals surface area contributed by atoms with Crippen molar-refractivity contribution in [3.8, 4) is 0 Å². The largest absolute Gasteiger partial charge is 0.312 e. The second kappa shape index (κ2) is 4.78. The molecule has 0 amide bonds. The van der Waals surface area contributed by atoms with Crippen molar-refractivity contribution >= 4 is 11.6 Å². The molecule has 0 unspecified atom stereocenters. The van der Waals surface area contributed by atoms with Crippen LogP contribution in [0.15, 0.2) is 11.1 Å².